The zero-order chi connectivity index (χ0) is 17.8. The van der Waals surface area contributed by atoms with Crippen molar-refractivity contribution < 1.29 is 9.53 Å². The molecule has 0 atom stereocenters. The predicted molar refractivity (Wildman–Crippen MR) is 99.3 cm³/mol. The number of amides is 1. The fourth-order valence-electron chi connectivity index (χ4n) is 2.40. The van der Waals surface area contributed by atoms with Gasteiger partial charge in [0.15, 0.2) is 0 Å². The van der Waals surface area contributed by atoms with Crippen LogP contribution in [0.1, 0.15) is 17.3 Å². The number of ether oxygens (including phenoxy) is 1. The standard InChI is InChI=1S/C20H18N2O3/c1-13(2)12-25-15-7-5-6-14(10-15)22-20(24)17-11-21-18-9-4-3-8-16(18)19(17)23/h3-11H,1,12H2,2H3,(H,21,23)(H,22,24). The van der Waals surface area contributed by atoms with Crippen molar-refractivity contribution in [3.8, 4) is 5.75 Å². The number of benzene rings is 2. The second-order valence-corrected chi connectivity index (χ2v) is 5.80. The summed E-state index contributed by atoms with van der Waals surface area (Å²) in [5, 5.41) is 3.21. The van der Waals surface area contributed by atoms with E-state index in [0.29, 0.717) is 28.9 Å². The first-order valence-electron chi connectivity index (χ1n) is 7.83. The fourth-order valence-corrected chi connectivity index (χ4v) is 2.40. The lowest BCUT2D eigenvalue weighted by molar-refractivity contribution is 0.102. The lowest BCUT2D eigenvalue weighted by Gasteiger charge is -2.09. The number of hydrogen-bond donors (Lipinski definition) is 2. The Labute approximate surface area is 145 Å². The smallest absolute Gasteiger partial charge is 0.261 e. The minimum atomic E-state index is -0.468. The van der Waals surface area contributed by atoms with Crippen molar-refractivity contribution in [2.24, 2.45) is 0 Å². The predicted octanol–water partition coefficient (Wildman–Crippen LogP) is 3.74. The molecule has 5 nitrogen and oxygen atoms in total. The summed E-state index contributed by atoms with van der Waals surface area (Å²) in [5.41, 5.74) is 1.90. The summed E-state index contributed by atoms with van der Waals surface area (Å²) in [4.78, 5) is 27.9. The van der Waals surface area contributed by atoms with Crippen LogP contribution in [0.2, 0.25) is 0 Å². The molecule has 0 bridgehead atoms. The number of nitrogens with one attached hydrogen (secondary N) is 2. The number of carbonyl (C=O) groups excluding carboxylic acids is 1. The molecular formula is C20H18N2O3. The highest BCUT2D eigenvalue weighted by Gasteiger charge is 2.13. The van der Waals surface area contributed by atoms with Gasteiger partial charge >= 0.3 is 0 Å². The van der Waals surface area contributed by atoms with E-state index in [4.69, 9.17) is 4.74 Å². The maximum absolute atomic E-state index is 12.5. The SMILES string of the molecule is C=C(C)COc1cccc(NC(=O)c2c[nH]c3ccccc3c2=O)c1. The van der Waals surface area contributed by atoms with Gasteiger partial charge in [-0.25, -0.2) is 0 Å². The first-order chi connectivity index (χ1) is 12.0. The molecule has 0 saturated carbocycles. The lowest BCUT2D eigenvalue weighted by atomic mass is 10.1. The minimum Gasteiger partial charge on any atom is -0.489 e. The Bertz CT molecular complexity index is 1000. The van der Waals surface area contributed by atoms with Gasteiger partial charge in [-0.05, 0) is 36.8 Å². The quantitative estimate of drug-likeness (QED) is 0.698. The van der Waals surface area contributed by atoms with E-state index < -0.39 is 5.91 Å². The third kappa shape index (κ3) is 3.77. The summed E-state index contributed by atoms with van der Waals surface area (Å²) >= 11 is 0. The molecule has 3 aromatic rings. The van der Waals surface area contributed by atoms with Crippen LogP contribution in [0.15, 0.2) is 71.7 Å². The van der Waals surface area contributed by atoms with Crippen LogP contribution >= 0.6 is 0 Å². The van der Waals surface area contributed by atoms with E-state index in [0.717, 1.165) is 5.57 Å². The van der Waals surface area contributed by atoms with Gasteiger partial charge in [0.2, 0.25) is 5.43 Å². The second kappa shape index (κ2) is 7.05. The van der Waals surface area contributed by atoms with Gasteiger partial charge in [0.25, 0.3) is 5.91 Å². The van der Waals surface area contributed by atoms with E-state index in [1.54, 1.807) is 42.5 Å². The summed E-state index contributed by atoms with van der Waals surface area (Å²) in [5.74, 6) is 0.150. The molecule has 2 aromatic carbocycles. The number of pyridine rings is 1. The number of H-pyrrole nitrogens is 1. The van der Waals surface area contributed by atoms with Gasteiger partial charge in [-0.15, -0.1) is 0 Å². The summed E-state index contributed by atoms with van der Waals surface area (Å²) < 4.78 is 5.56. The number of rotatable bonds is 5. The number of aromatic amines is 1. The van der Waals surface area contributed by atoms with Crippen molar-refractivity contribution in [1.29, 1.82) is 0 Å². The van der Waals surface area contributed by atoms with Gasteiger partial charge in [0, 0.05) is 28.9 Å². The van der Waals surface area contributed by atoms with E-state index in [1.165, 1.54) is 6.20 Å². The number of para-hydroxylation sites is 1. The Hall–Kier alpha value is -3.34. The summed E-state index contributed by atoms with van der Waals surface area (Å²) in [6, 6.07) is 14.1. The Morgan fingerprint density at radius 3 is 2.80 bits per heavy atom. The molecule has 0 aliphatic rings. The topological polar surface area (TPSA) is 71.2 Å². The van der Waals surface area contributed by atoms with Crippen LogP contribution in [-0.4, -0.2) is 17.5 Å². The normalized spacial score (nSPS) is 10.4. The Kier molecular flexibility index (Phi) is 4.66. The van der Waals surface area contributed by atoms with Crippen molar-refractivity contribution in [3.05, 3.63) is 82.7 Å². The van der Waals surface area contributed by atoms with Gasteiger partial charge in [-0.2, -0.15) is 0 Å². The number of carbonyl (C=O) groups is 1. The van der Waals surface area contributed by atoms with E-state index in [9.17, 15) is 9.59 Å². The van der Waals surface area contributed by atoms with Crippen molar-refractivity contribution in [3.63, 3.8) is 0 Å². The molecule has 0 saturated heterocycles. The summed E-state index contributed by atoms with van der Waals surface area (Å²) in [6.07, 6.45) is 1.43. The highest BCUT2D eigenvalue weighted by molar-refractivity contribution is 6.05. The highest BCUT2D eigenvalue weighted by atomic mass is 16.5. The average molecular weight is 334 g/mol. The number of fused-ring (bicyclic) bond motifs is 1. The fraction of sp³-hybridized carbons (Fsp3) is 0.100. The van der Waals surface area contributed by atoms with Gasteiger partial charge in [-0.1, -0.05) is 24.8 Å². The zero-order valence-corrected chi connectivity index (χ0v) is 13.8. The maximum atomic E-state index is 12.5. The third-order valence-corrected chi connectivity index (χ3v) is 3.61. The van der Waals surface area contributed by atoms with Gasteiger partial charge in [-0.3, -0.25) is 9.59 Å². The molecular weight excluding hydrogens is 316 g/mol. The molecule has 1 heterocycles. The largest absolute Gasteiger partial charge is 0.489 e. The summed E-state index contributed by atoms with van der Waals surface area (Å²) in [7, 11) is 0. The molecule has 126 valence electrons. The molecule has 1 amide bonds. The average Bonchev–Trinajstić information content (AvgIpc) is 2.61. The molecule has 3 rings (SSSR count). The maximum Gasteiger partial charge on any atom is 0.261 e. The Balaban J connectivity index is 1.83. The van der Waals surface area contributed by atoms with E-state index in [2.05, 4.69) is 16.9 Å². The molecule has 0 aliphatic heterocycles. The zero-order valence-electron chi connectivity index (χ0n) is 13.8. The highest BCUT2D eigenvalue weighted by Crippen LogP contribution is 2.18. The van der Waals surface area contributed by atoms with Crippen LogP contribution in [0, 0.1) is 0 Å². The van der Waals surface area contributed by atoms with Crippen LogP contribution in [0.5, 0.6) is 5.75 Å². The van der Waals surface area contributed by atoms with Crippen molar-refractivity contribution in [2.45, 2.75) is 6.92 Å². The lowest BCUT2D eigenvalue weighted by Crippen LogP contribution is -2.21. The number of aromatic nitrogens is 1. The van der Waals surface area contributed by atoms with Crippen LogP contribution in [0.25, 0.3) is 10.9 Å². The Morgan fingerprint density at radius 2 is 2.00 bits per heavy atom. The van der Waals surface area contributed by atoms with Crippen LogP contribution < -0.4 is 15.5 Å². The number of anilines is 1. The molecule has 1 aromatic heterocycles. The van der Waals surface area contributed by atoms with Gasteiger partial charge in [0.1, 0.15) is 17.9 Å². The van der Waals surface area contributed by atoms with E-state index in [-0.39, 0.29) is 11.0 Å². The molecule has 2 N–H and O–H groups in total. The number of hydrogen-bond acceptors (Lipinski definition) is 3. The molecule has 0 fully saturated rings. The van der Waals surface area contributed by atoms with Crippen LogP contribution in [-0.2, 0) is 0 Å². The van der Waals surface area contributed by atoms with E-state index >= 15 is 0 Å². The van der Waals surface area contributed by atoms with Crippen LogP contribution in [0.3, 0.4) is 0 Å². The van der Waals surface area contributed by atoms with Crippen molar-refractivity contribution in [1.82, 2.24) is 4.98 Å². The Morgan fingerprint density at radius 1 is 1.20 bits per heavy atom. The monoisotopic (exact) mass is 334 g/mol. The molecule has 0 spiro atoms. The van der Waals surface area contributed by atoms with Crippen molar-refractivity contribution in [2.75, 3.05) is 11.9 Å². The molecule has 25 heavy (non-hydrogen) atoms. The van der Waals surface area contributed by atoms with Gasteiger partial charge < -0.3 is 15.0 Å². The molecule has 5 heteroatoms. The van der Waals surface area contributed by atoms with Crippen LogP contribution in [0.4, 0.5) is 5.69 Å². The minimum absolute atomic E-state index is 0.0620. The van der Waals surface area contributed by atoms with Crippen molar-refractivity contribution >= 4 is 22.5 Å². The molecule has 0 unspecified atom stereocenters. The second-order valence-electron chi connectivity index (χ2n) is 5.80. The van der Waals surface area contributed by atoms with E-state index in [1.807, 2.05) is 13.0 Å². The molecule has 0 aliphatic carbocycles. The summed E-state index contributed by atoms with van der Waals surface area (Å²) in [6.45, 7) is 6.06. The first-order valence-corrected chi connectivity index (χ1v) is 7.83. The third-order valence-electron chi connectivity index (χ3n) is 3.61. The van der Waals surface area contributed by atoms with Gasteiger partial charge in [0.05, 0.1) is 0 Å². The molecule has 0 radical (unpaired) electrons. The first kappa shape index (κ1) is 16.5.